The number of benzene rings is 1. The summed E-state index contributed by atoms with van der Waals surface area (Å²) in [6, 6.07) is 12.4. The number of aromatic nitrogens is 2. The van der Waals surface area contributed by atoms with Crippen molar-refractivity contribution in [3.8, 4) is 22.9 Å². The van der Waals surface area contributed by atoms with E-state index in [-0.39, 0.29) is 17.9 Å². The van der Waals surface area contributed by atoms with Crippen molar-refractivity contribution in [1.29, 1.82) is 0 Å². The highest BCUT2D eigenvalue weighted by Crippen LogP contribution is 2.32. The van der Waals surface area contributed by atoms with Crippen LogP contribution in [0.2, 0.25) is 0 Å². The maximum Gasteiger partial charge on any atom is 0.321 e. The van der Waals surface area contributed by atoms with E-state index in [4.69, 9.17) is 18.8 Å². The van der Waals surface area contributed by atoms with Crippen LogP contribution in [0.25, 0.3) is 33.9 Å². The predicted molar refractivity (Wildman–Crippen MR) is 141 cm³/mol. The lowest BCUT2D eigenvalue weighted by atomic mass is 9.96. The van der Waals surface area contributed by atoms with E-state index in [1.165, 1.54) is 0 Å². The molecule has 3 aromatic heterocycles. The molecule has 4 heterocycles. The first-order chi connectivity index (χ1) is 18.0. The van der Waals surface area contributed by atoms with Gasteiger partial charge in [-0.3, -0.25) is 4.79 Å². The molecule has 1 unspecified atom stereocenters. The summed E-state index contributed by atoms with van der Waals surface area (Å²) in [5, 5.41) is 2.98. The van der Waals surface area contributed by atoms with Gasteiger partial charge < -0.3 is 24.0 Å². The molecule has 0 saturated carbocycles. The summed E-state index contributed by atoms with van der Waals surface area (Å²) >= 11 is 0. The Labute approximate surface area is 215 Å². The van der Waals surface area contributed by atoms with Crippen LogP contribution in [0.4, 0.5) is 10.5 Å². The normalized spacial score (nSPS) is 15.6. The molecule has 1 aromatic carbocycles. The fraction of sp³-hybridized carbons (Fsp3) is 0.357. The van der Waals surface area contributed by atoms with Gasteiger partial charge in [0.15, 0.2) is 11.5 Å². The number of hydrogen-bond acceptors (Lipinski definition) is 6. The van der Waals surface area contributed by atoms with Crippen molar-refractivity contribution in [2.45, 2.75) is 32.6 Å². The van der Waals surface area contributed by atoms with Crippen LogP contribution in [0.15, 0.2) is 63.8 Å². The lowest BCUT2D eigenvalue weighted by Gasteiger charge is -2.34. The van der Waals surface area contributed by atoms with Gasteiger partial charge in [0, 0.05) is 32.4 Å². The van der Waals surface area contributed by atoms with Crippen molar-refractivity contribution < 1.29 is 18.4 Å². The van der Waals surface area contributed by atoms with Crippen LogP contribution in [0.5, 0.6) is 0 Å². The first kappa shape index (κ1) is 24.5. The molecule has 5 rings (SSSR count). The largest absolute Gasteiger partial charge is 0.463 e. The summed E-state index contributed by atoms with van der Waals surface area (Å²) in [6.07, 6.45) is 6.80. The molecule has 1 N–H and O–H groups in total. The smallest absolute Gasteiger partial charge is 0.321 e. The standard InChI is InChI=1S/C28H31N5O4/c1-3-4-13-32(2)27(34)19-8-5-14-33(18-19)28(35)29-20-11-12-21-22(17-20)31-26(24-10-7-16-37-24)25(30-21)23-9-6-15-36-23/h6-7,9-12,15-17,19H,3-5,8,13-14,18H2,1-2H3,(H,29,35). The van der Waals surface area contributed by atoms with Gasteiger partial charge in [-0.05, 0) is 61.7 Å². The minimum absolute atomic E-state index is 0.116. The van der Waals surface area contributed by atoms with Crippen molar-refractivity contribution >= 4 is 28.7 Å². The minimum atomic E-state index is -0.223. The van der Waals surface area contributed by atoms with Gasteiger partial charge in [0.25, 0.3) is 0 Å². The van der Waals surface area contributed by atoms with E-state index in [0.717, 1.165) is 32.2 Å². The topological polar surface area (TPSA) is 105 Å². The second kappa shape index (κ2) is 10.9. The number of hydrogen-bond donors (Lipinski definition) is 1. The molecule has 0 bridgehead atoms. The number of rotatable bonds is 7. The third-order valence-corrected chi connectivity index (χ3v) is 6.71. The molecule has 0 spiro atoms. The van der Waals surface area contributed by atoms with Crippen LogP contribution in [0, 0.1) is 5.92 Å². The van der Waals surface area contributed by atoms with Crippen LogP contribution in [0.1, 0.15) is 32.6 Å². The molecule has 37 heavy (non-hydrogen) atoms. The number of carbonyl (C=O) groups is 2. The molecule has 0 aliphatic carbocycles. The van der Waals surface area contributed by atoms with E-state index in [1.54, 1.807) is 46.6 Å². The highest BCUT2D eigenvalue weighted by Gasteiger charge is 2.30. The number of furan rings is 2. The Kier molecular flexibility index (Phi) is 7.20. The first-order valence-corrected chi connectivity index (χ1v) is 12.7. The maximum atomic E-state index is 13.1. The van der Waals surface area contributed by atoms with Crippen LogP contribution in [-0.4, -0.2) is 58.4 Å². The Morgan fingerprint density at radius 2 is 1.76 bits per heavy atom. The van der Waals surface area contributed by atoms with E-state index < -0.39 is 0 Å². The summed E-state index contributed by atoms with van der Waals surface area (Å²) < 4.78 is 11.2. The van der Waals surface area contributed by atoms with E-state index in [9.17, 15) is 9.59 Å². The van der Waals surface area contributed by atoms with Gasteiger partial charge >= 0.3 is 6.03 Å². The molecule has 1 saturated heterocycles. The molecular weight excluding hydrogens is 470 g/mol. The van der Waals surface area contributed by atoms with Gasteiger partial charge in [0.05, 0.1) is 29.5 Å². The zero-order valence-electron chi connectivity index (χ0n) is 21.1. The van der Waals surface area contributed by atoms with Crippen molar-refractivity contribution in [2.24, 2.45) is 5.92 Å². The van der Waals surface area contributed by atoms with Gasteiger partial charge in [-0.2, -0.15) is 0 Å². The third-order valence-electron chi connectivity index (χ3n) is 6.71. The molecule has 1 fully saturated rings. The number of unbranched alkanes of at least 4 members (excludes halogenated alkanes) is 1. The number of nitrogens with one attached hydrogen (secondary N) is 1. The number of piperidine rings is 1. The summed E-state index contributed by atoms with van der Waals surface area (Å²) in [6.45, 7) is 3.90. The number of nitrogens with zero attached hydrogens (tertiary/aromatic N) is 4. The van der Waals surface area contributed by atoms with E-state index in [2.05, 4.69) is 12.2 Å². The first-order valence-electron chi connectivity index (χ1n) is 12.7. The Balaban J connectivity index is 1.34. The second-order valence-corrected chi connectivity index (χ2v) is 9.41. The Morgan fingerprint density at radius 3 is 2.41 bits per heavy atom. The van der Waals surface area contributed by atoms with Crippen molar-refractivity contribution in [2.75, 3.05) is 32.0 Å². The van der Waals surface area contributed by atoms with E-state index in [1.807, 2.05) is 25.2 Å². The molecule has 192 valence electrons. The molecular formula is C28H31N5O4. The molecule has 0 radical (unpaired) electrons. The summed E-state index contributed by atoms with van der Waals surface area (Å²) in [5.74, 6) is 1.11. The molecule has 1 aliphatic heterocycles. The van der Waals surface area contributed by atoms with Gasteiger partial charge in [0.2, 0.25) is 5.91 Å². The van der Waals surface area contributed by atoms with Crippen LogP contribution < -0.4 is 5.32 Å². The van der Waals surface area contributed by atoms with Crippen LogP contribution >= 0.6 is 0 Å². The maximum absolute atomic E-state index is 13.1. The Morgan fingerprint density at radius 1 is 1.05 bits per heavy atom. The predicted octanol–water partition coefficient (Wildman–Crippen LogP) is 5.65. The number of likely N-dealkylation sites (tertiary alicyclic amines) is 1. The summed E-state index contributed by atoms with van der Waals surface area (Å²) in [4.78, 5) is 39.1. The van der Waals surface area contributed by atoms with E-state index >= 15 is 0 Å². The molecule has 1 atom stereocenters. The van der Waals surface area contributed by atoms with Crippen molar-refractivity contribution in [3.05, 3.63) is 55.0 Å². The van der Waals surface area contributed by atoms with Crippen LogP contribution in [0.3, 0.4) is 0 Å². The number of fused-ring (bicyclic) bond motifs is 1. The lowest BCUT2D eigenvalue weighted by Crippen LogP contribution is -2.47. The summed E-state index contributed by atoms with van der Waals surface area (Å²) in [5.41, 5.74) is 3.02. The number of anilines is 1. The molecule has 9 heteroatoms. The van der Waals surface area contributed by atoms with Gasteiger partial charge in [-0.15, -0.1) is 0 Å². The zero-order chi connectivity index (χ0) is 25.8. The second-order valence-electron chi connectivity index (χ2n) is 9.41. The third kappa shape index (κ3) is 5.35. The molecule has 1 aliphatic rings. The SMILES string of the molecule is CCCCN(C)C(=O)C1CCCN(C(=O)Nc2ccc3nc(-c4ccco4)c(-c4ccco4)nc3c2)C1. The highest BCUT2D eigenvalue weighted by molar-refractivity contribution is 5.93. The van der Waals surface area contributed by atoms with Gasteiger partial charge in [0.1, 0.15) is 11.4 Å². The average Bonchev–Trinajstić information content (AvgIpc) is 3.65. The number of carbonyl (C=O) groups excluding carboxylic acids is 2. The van der Waals surface area contributed by atoms with Crippen molar-refractivity contribution in [3.63, 3.8) is 0 Å². The molecule has 9 nitrogen and oxygen atoms in total. The fourth-order valence-corrected chi connectivity index (χ4v) is 4.69. The Hall–Kier alpha value is -4.14. The number of amides is 3. The van der Waals surface area contributed by atoms with Crippen molar-refractivity contribution in [1.82, 2.24) is 19.8 Å². The van der Waals surface area contributed by atoms with Crippen LogP contribution in [-0.2, 0) is 4.79 Å². The fourth-order valence-electron chi connectivity index (χ4n) is 4.69. The van der Waals surface area contributed by atoms with E-state index in [0.29, 0.717) is 52.7 Å². The zero-order valence-corrected chi connectivity index (χ0v) is 21.1. The molecule has 3 amide bonds. The quantitative estimate of drug-likeness (QED) is 0.351. The van der Waals surface area contributed by atoms with Gasteiger partial charge in [-0.25, -0.2) is 14.8 Å². The lowest BCUT2D eigenvalue weighted by molar-refractivity contribution is -0.135. The Bertz CT molecular complexity index is 1370. The highest BCUT2D eigenvalue weighted by atomic mass is 16.3. The number of urea groups is 1. The minimum Gasteiger partial charge on any atom is -0.463 e. The monoisotopic (exact) mass is 501 g/mol. The average molecular weight is 502 g/mol. The summed E-state index contributed by atoms with van der Waals surface area (Å²) in [7, 11) is 1.85. The van der Waals surface area contributed by atoms with Gasteiger partial charge in [-0.1, -0.05) is 13.3 Å². The molecule has 4 aromatic rings.